The van der Waals surface area contributed by atoms with Gasteiger partial charge >= 0.3 is 5.97 Å². The van der Waals surface area contributed by atoms with Crippen LogP contribution in [-0.2, 0) is 4.79 Å². The van der Waals surface area contributed by atoms with Crippen LogP contribution in [0, 0.1) is 13.8 Å². The summed E-state index contributed by atoms with van der Waals surface area (Å²) in [6.07, 6.45) is -0.857. The van der Waals surface area contributed by atoms with E-state index in [0.29, 0.717) is 10.8 Å². The maximum absolute atomic E-state index is 10.6. The SMILES string of the molecule is Cc1cc(O[C@@H](C)C(=O)O)cc(C)c1Cl. The number of carboxylic acids is 1. The van der Waals surface area contributed by atoms with Crippen LogP contribution in [0.25, 0.3) is 0 Å². The summed E-state index contributed by atoms with van der Waals surface area (Å²) in [6, 6.07) is 3.46. The van der Waals surface area contributed by atoms with Crippen molar-refractivity contribution in [2.24, 2.45) is 0 Å². The topological polar surface area (TPSA) is 46.5 Å². The van der Waals surface area contributed by atoms with Gasteiger partial charge in [-0.1, -0.05) is 11.6 Å². The Morgan fingerprint density at radius 2 is 1.87 bits per heavy atom. The first-order chi connectivity index (χ1) is 6.91. The Morgan fingerprint density at radius 3 is 2.27 bits per heavy atom. The second kappa shape index (κ2) is 4.53. The number of aliphatic carboxylic acids is 1. The zero-order chi connectivity index (χ0) is 11.6. The van der Waals surface area contributed by atoms with Gasteiger partial charge in [-0.05, 0) is 44.0 Å². The number of carboxylic acid groups (broad SMARTS) is 1. The minimum absolute atomic E-state index is 0.532. The van der Waals surface area contributed by atoms with Crippen LogP contribution >= 0.6 is 11.6 Å². The molecule has 1 aromatic carbocycles. The molecule has 0 unspecified atom stereocenters. The molecule has 1 rings (SSSR count). The number of ether oxygens (including phenoxy) is 1. The van der Waals surface area contributed by atoms with Gasteiger partial charge in [0.15, 0.2) is 6.10 Å². The maximum atomic E-state index is 10.6. The number of aryl methyl sites for hydroxylation is 2. The standard InChI is InChI=1S/C11H13ClO3/c1-6-4-9(5-7(2)10(6)12)15-8(3)11(13)14/h4-5,8H,1-3H3,(H,13,14)/t8-/m0/s1. The fourth-order valence-corrected chi connectivity index (χ4v) is 1.34. The summed E-state index contributed by atoms with van der Waals surface area (Å²) >= 11 is 5.98. The monoisotopic (exact) mass is 228 g/mol. The van der Waals surface area contributed by atoms with Crippen LogP contribution < -0.4 is 4.74 Å². The summed E-state index contributed by atoms with van der Waals surface area (Å²) in [5.41, 5.74) is 1.76. The number of hydrogen-bond donors (Lipinski definition) is 1. The van der Waals surface area contributed by atoms with Crippen molar-refractivity contribution in [3.05, 3.63) is 28.3 Å². The van der Waals surface area contributed by atoms with Crippen LogP contribution in [-0.4, -0.2) is 17.2 Å². The number of halogens is 1. The van der Waals surface area contributed by atoms with Gasteiger partial charge in [0.25, 0.3) is 0 Å². The Bertz CT molecular complexity index is 364. The third kappa shape index (κ3) is 2.86. The Hall–Kier alpha value is -1.22. The summed E-state index contributed by atoms with van der Waals surface area (Å²) in [7, 11) is 0. The van der Waals surface area contributed by atoms with Gasteiger partial charge in [0.05, 0.1) is 0 Å². The highest BCUT2D eigenvalue weighted by atomic mass is 35.5. The van der Waals surface area contributed by atoms with Crippen LogP contribution in [0.15, 0.2) is 12.1 Å². The predicted octanol–water partition coefficient (Wildman–Crippen LogP) is 2.81. The van der Waals surface area contributed by atoms with Crippen molar-refractivity contribution in [1.29, 1.82) is 0 Å². The van der Waals surface area contributed by atoms with Crippen LogP contribution in [0.5, 0.6) is 5.75 Å². The van der Waals surface area contributed by atoms with Gasteiger partial charge in [0, 0.05) is 5.02 Å². The van der Waals surface area contributed by atoms with Crippen molar-refractivity contribution in [3.63, 3.8) is 0 Å². The van der Waals surface area contributed by atoms with Gasteiger partial charge in [-0.25, -0.2) is 4.79 Å². The van der Waals surface area contributed by atoms with Gasteiger partial charge in [0.1, 0.15) is 5.75 Å². The molecule has 0 aromatic heterocycles. The lowest BCUT2D eigenvalue weighted by molar-refractivity contribution is -0.144. The van der Waals surface area contributed by atoms with Crippen molar-refractivity contribution < 1.29 is 14.6 Å². The molecular weight excluding hydrogens is 216 g/mol. The summed E-state index contributed by atoms with van der Waals surface area (Å²) in [5.74, 6) is -0.454. The molecule has 0 aliphatic heterocycles. The Balaban J connectivity index is 2.92. The third-order valence-corrected chi connectivity index (χ3v) is 2.67. The van der Waals surface area contributed by atoms with E-state index in [1.165, 1.54) is 6.92 Å². The molecule has 4 heteroatoms. The second-order valence-corrected chi connectivity index (χ2v) is 3.85. The number of benzene rings is 1. The Morgan fingerprint density at radius 1 is 1.40 bits per heavy atom. The van der Waals surface area contributed by atoms with Gasteiger partial charge in [-0.2, -0.15) is 0 Å². The normalized spacial score (nSPS) is 12.3. The van der Waals surface area contributed by atoms with Crippen LogP contribution in [0.1, 0.15) is 18.1 Å². The number of carbonyl (C=O) groups is 1. The molecule has 0 amide bonds. The van der Waals surface area contributed by atoms with Crippen molar-refractivity contribution in [2.75, 3.05) is 0 Å². The van der Waals surface area contributed by atoms with E-state index in [4.69, 9.17) is 21.4 Å². The molecule has 0 spiro atoms. The maximum Gasteiger partial charge on any atom is 0.344 e. The average molecular weight is 229 g/mol. The zero-order valence-electron chi connectivity index (χ0n) is 8.87. The van der Waals surface area contributed by atoms with Crippen molar-refractivity contribution >= 4 is 17.6 Å². The quantitative estimate of drug-likeness (QED) is 0.866. The van der Waals surface area contributed by atoms with Crippen LogP contribution in [0.2, 0.25) is 5.02 Å². The van der Waals surface area contributed by atoms with Gasteiger partial charge < -0.3 is 9.84 Å². The zero-order valence-corrected chi connectivity index (χ0v) is 9.63. The molecule has 0 saturated heterocycles. The van der Waals surface area contributed by atoms with Gasteiger partial charge in [-0.15, -0.1) is 0 Å². The molecule has 3 nitrogen and oxygen atoms in total. The lowest BCUT2D eigenvalue weighted by Crippen LogP contribution is -2.22. The molecular formula is C11H13ClO3. The molecule has 0 heterocycles. The predicted molar refractivity (Wildman–Crippen MR) is 58.7 cm³/mol. The fraction of sp³-hybridized carbons (Fsp3) is 0.364. The summed E-state index contributed by atoms with van der Waals surface area (Å²) in [5, 5.41) is 9.37. The highest BCUT2D eigenvalue weighted by Gasteiger charge is 2.13. The highest BCUT2D eigenvalue weighted by molar-refractivity contribution is 6.32. The Labute approximate surface area is 93.6 Å². The minimum Gasteiger partial charge on any atom is -0.479 e. The molecule has 0 aliphatic rings. The summed E-state index contributed by atoms with van der Waals surface area (Å²) in [4.78, 5) is 10.6. The highest BCUT2D eigenvalue weighted by Crippen LogP contribution is 2.26. The molecule has 0 fully saturated rings. The van der Waals surface area contributed by atoms with Crippen molar-refractivity contribution in [1.82, 2.24) is 0 Å². The van der Waals surface area contributed by atoms with Crippen molar-refractivity contribution in [3.8, 4) is 5.75 Å². The first-order valence-electron chi connectivity index (χ1n) is 4.58. The first-order valence-corrected chi connectivity index (χ1v) is 4.96. The van der Waals surface area contributed by atoms with E-state index in [1.807, 2.05) is 13.8 Å². The van der Waals surface area contributed by atoms with Gasteiger partial charge in [0.2, 0.25) is 0 Å². The third-order valence-electron chi connectivity index (χ3n) is 2.07. The van der Waals surface area contributed by atoms with E-state index in [-0.39, 0.29) is 0 Å². The molecule has 0 radical (unpaired) electrons. The second-order valence-electron chi connectivity index (χ2n) is 3.47. The van der Waals surface area contributed by atoms with E-state index >= 15 is 0 Å². The molecule has 0 aliphatic carbocycles. The molecule has 1 atom stereocenters. The molecule has 1 aromatic rings. The molecule has 15 heavy (non-hydrogen) atoms. The number of hydrogen-bond acceptors (Lipinski definition) is 2. The van der Waals surface area contributed by atoms with E-state index in [9.17, 15) is 4.79 Å². The lowest BCUT2D eigenvalue weighted by Gasteiger charge is -2.12. The largest absolute Gasteiger partial charge is 0.479 e. The van der Waals surface area contributed by atoms with E-state index in [2.05, 4.69) is 0 Å². The van der Waals surface area contributed by atoms with E-state index < -0.39 is 12.1 Å². The number of rotatable bonds is 3. The van der Waals surface area contributed by atoms with E-state index in [1.54, 1.807) is 12.1 Å². The smallest absolute Gasteiger partial charge is 0.344 e. The van der Waals surface area contributed by atoms with Crippen LogP contribution in [0.4, 0.5) is 0 Å². The average Bonchev–Trinajstić information content (AvgIpc) is 2.13. The summed E-state index contributed by atoms with van der Waals surface area (Å²) < 4.78 is 5.23. The molecule has 0 bridgehead atoms. The summed E-state index contributed by atoms with van der Waals surface area (Å²) in [6.45, 7) is 5.20. The van der Waals surface area contributed by atoms with E-state index in [0.717, 1.165) is 11.1 Å². The first kappa shape index (κ1) is 11.9. The van der Waals surface area contributed by atoms with Crippen molar-refractivity contribution in [2.45, 2.75) is 26.9 Å². The molecule has 0 saturated carbocycles. The minimum atomic E-state index is -0.986. The van der Waals surface area contributed by atoms with Crippen LogP contribution in [0.3, 0.4) is 0 Å². The Kier molecular flexibility index (Phi) is 3.58. The molecule has 82 valence electrons. The van der Waals surface area contributed by atoms with Gasteiger partial charge in [-0.3, -0.25) is 0 Å². The lowest BCUT2D eigenvalue weighted by atomic mass is 10.1. The fourth-order valence-electron chi connectivity index (χ4n) is 1.23. The molecule has 1 N–H and O–H groups in total.